The second kappa shape index (κ2) is 6.54. The van der Waals surface area contributed by atoms with E-state index in [-0.39, 0.29) is 5.82 Å². The molecule has 0 bridgehead atoms. The van der Waals surface area contributed by atoms with Gasteiger partial charge in [-0.15, -0.1) is 0 Å². The molecule has 0 aliphatic heterocycles. The van der Waals surface area contributed by atoms with Gasteiger partial charge in [0.05, 0.1) is 13.7 Å². The number of ether oxygens (including phenoxy) is 1. The molecule has 0 unspecified atom stereocenters. The lowest BCUT2D eigenvalue weighted by atomic mass is 10.2. The fraction of sp³-hybridized carbons (Fsp3) is 0.389. The van der Waals surface area contributed by atoms with Crippen LogP contribution in [-0.2, 0) is 17.8 Å². The molecule has 2 aromatic rings. The van der Waals surface area contributed by atoms with Crippen LogP contribution in [0.3, 0.4) is 0 Å². The number of esters is 1. The van der Waals surface area contributed by atoms with Crippen LogP contribution in [-0.4, -0.2) is 24.0 Å². The number of hydrogen-bond donors (Lipinski definition) is 0. The lowest BCUT2D eigenvalue weighted by Gasteiger charge is -2.21. The second-order valence-corrected chi connectivity index (χ2v) is 5.90. The Hall–Kier alpha value is -2.14. The minimum Gasteiger partial charge on any atom is -0.465 e. The molecular formula is C18H20FNO3. The van der Waals surface area contributed by atoms with E-state index in [4.69, 9.17) is 9.15 Å². The Labute approximate surface area is 134 Å². The van der Waals surface area contributed by atoms with Crippen molar-refractivity contribution in [2.24, 2.45) is 0 Å². The Bertz CT molecular complexity index is 706. The highest BCUT2D eigenvalue weighted by molar-refractivity contribution is 5.90. The monoisotopic (exact) mass is 317 g/mol. The quantitative estimate of drug-likeness (QED) is 0.762. The van der Waals surface area contributed by atoms with Gasteiger partial charge >= 0.3 is 5.97 Å². The summed E-state index contributed by atoms with van der Waals surface area (Å²) in [6, 6.07) is 8.99. The first kappa shape index (κ1) is 15.7. The van der Waals surface area contributed by atoms with E-state index in [1.807, 2.05) is 6.07 Å². The van der Waals surface area contributed by atoms with Gasteiger partial charge in [0.2, 0.25) is 0 Å². The van der Waals surface area contributed by atoms with Crippen molar-refractivity contribution in [2.75, 3.05) is 7.11 Å². The predicted octanol–water partition coefficient (Wildman–Crippen LogP) is 3.68. The van der Waals surface area contributed by atoms with Crippen LogP contribution in [0.4, 0.5) is 4.39 Å². The van der Waals surface area contributed by atoms with Gasteiger partial charge in [-0.3, -0.25) is 4.90 Å². The van der Waals surface area contributed by atoms with Gasteiger partial charge < -0.3 is 9.15 Å². The van der Waals surface area contributed by atoms with E-state index in [0.717, 1.165) is 12.8 Å². The summed E-state index contributed by atoms with van der Waals surface area (Å²) in [7, 11) is 1.35. The van der Waals surface area contributed by atoms with Gasteiger partial charge in [-0.25, -0.2) is 9.18 Å². The van der Waals surface area contributed by atoms with Crippen molar-refractivity contribution in [3.8, 4) is 0 Å². The van der Waals surface area contributed by atoms with Crippen molar-refractivity contribution in [1.82, 2.24) is 4.90 Å². The van der Waals surface area contributed by atoms with Gasteiger partial charge in [0.15, 0.2) is 0 Å². The van der Waals surface area contributed by atoms with Gasteiger partial charge in [0.1, 0.15) is 22.9 Å². The Balaban J connectivity index is 1.76. The van der Waals surface area contributed by atoms with Crippen LogP contribution in [0.15, 0.2) is 34.7 Å². The van der Waals surface area contributed by atoms with Crippen molar-refractivity contribution in [3.63, 3.8) is 0 Å². The predicted molar refractivity (Wildman–Crippen MR) is 83.5 cm³/mol. The van der Waals surface area contributed by atoms with Crippen LogP contribution in [0.1, 0.15) is 40.3 Å². The van der Waals surface area contributed by atoms with Crippen molar-refractivity contribution in [2.45, 2.75) is 38.9 Å². The minimum atomic E-state index is -0.399. The molecule has 23 heavy (non-hydrogen) atoms. The highest BCUT2D eigenvalue weighted by Gasteiger charge is 2.30. The topological polar surface area (TPSA) is 42.7 Å². The lowest BCUT2D eigenvalue weighted by molar-refractivity contribution is 0.0599. The first-order valence-electron chi connectivity index (χ1n) is 7.73. The first-order valence-corrected chi connectivity index (χ1v) is 7.73. The number of methoxy groups -OCH3 is 1. The van der Waals surface area contributed by atoms with Gasteiger partial charge in [-0.2, -0.15) is 0 Å². The normalized spacial score (nSPS) is 14.3. The van der Waals surface area contributed by atoms with Crippen molar-refractivity contribution in [3.05, 3.63) is 58.8 Å². The summed E-state index contributed by atoms with van der Waals surface area (Å²) in [5.74, 6) is 0.660. The van der Waals surface area contributed by atoms with E-state index in [0.29, 0.717) is 41.8 Å². The number of nitrogens with zero attached hydrogens (tertiary/aromatic N) is 1. The Kier molecular flexibility index (Phi) is 4.48. The van der Waals surface area contributed by atoms with E-state index >= 15 is 0 Å². The van der Waals surface area contributed by atoms with Gasteiger partial charge in [-0.05, 0) is 31.9 Å². The van der Waals surface area contributed by atoms with Crippen molar-refractivity contribution >= 4 is 5.97 Å². The molecule has 1 saturated carbocycles. The number of hydrogen-bond acceptors (Lipinski definition) is 4. The molecule has 1 aliphatic carbocycles. The van der Waals surface area contributed by atoms with Crippen LogP contribution in [0.2, 0.25) is 0 Å². The molecule has 4 nitrogen and oxygen atoms in total. The Morgan fingerprint density at radius 3 is 2.74 bits per heavy atom. The SMILES string of the molecule is COC(=O)c1cc(CN(Cc2ccccc2F)C2CC2)oc1C. The lowest BCUT2D eigenvalue weighted by Crippen LogP contribution is -2.25. The van der Waals surface area contributed by atoms with Gasteiger partial charge in [0, 0.05) is 18.2 Å². The molecule has 1 aliphatic rings. The smallest absolute Gasteiger partial charge is 0.341 e. The molecule has 3 rings (SSSR count). The van der Waals surface area contributed by atoms with Crippen LogP contribution in [0, 0.1) is 12.7 Å². The average Bonchev–Trinajstić information content (AvgIpc) is 3.32. The third-order valence-electron chi connectivity index (χ3n) is 4.13. The van der Waals surface area contributed by atoms with Gasteiger partial charge in [0.25, 0.3) is 0 Å². The molecule has 1 aromatic carbocycles. The maximum atomic E-state index is 13.9. The van der Waals surface area contributed by atoms with Crippen LogP contribution < -0.4 is 0 Å². The van der Waals surface area contributed by atoms with E-state index in [2.05, 4.69) is 4.90 Å². The maximum Gasteiger partial charge on any atom is 0.341 e. The summed E-state index contributed by atoms with van der Waals surface area (Å²) in [4.78, 5) is 13.9. The van der Waals surface area contributed by atoms with Crippen LogP contribution in [0.5, 0.6) is 0 Å². The second-order valence-electron chi connectivity index (χ2n) is 5.90. The summed E-state index contributed by atoms with van der Waals surface area (Å²) in [5, 5.41) is 0. The molecule has 1 heterocycles. The summed E-state index contributed by atoms with van der Waals surface area (Å²) < 4.78 is 24.3. The highest BCUT2D eigenvalue weighted by atomic mass is 19.1. The first-order chi connectivity index (χ1) is 11.1. The number of carbonyl (C=O) groups is 1. The molecule has 0 saturated heterocycles. The molecule has 1 fully saturated rings. The molecule has 0 spiro atoms. The number of rotatable bonds is 6. The van der Waals surface area contributed by atoms with Crippen molar-refractivity contribution in [1.29, 1.82) is 0 Å². The molecule has 0 radical (unpaired) electrons. The standard InChI is InChI=1S/C18H20FNO3/c1-12-16(18(21)22-2)9-15(23-12)11-20(14-7-8-14)10-13-5-3-4-6-17(13)19/h3-6,9,14H,7-8,10-11H2,1-2H3. The minimum absolute atomic E-state index is 0.191. The molecular weight excluding hydrogens is 297 g/mol. The molecule has 0 N–H and O–H groups in total. The molecule has 0 amide bonds. The third-order valence-corrected chi connectivity index (χ3v) is 4.13. The van der Waals surface area contributed by atoms with E-state index in [1.54, 1.807) is 25.1 Å². The number of aryl methyl sites for hydroxylation is 1. The van der Waals surface area contributed by atoms with Crippen molar-refractivity contribution < 1.29 is 18.3 Å². The van der Waals surface area contributed by atoms with Crippen LogP contribution >= 0.6 is 0 Å². The zero-order valence-electron chi connectivity index (χ0n) is 13.3. The molecule has 1 aromatic heterocycles. The van der Waals surface area contributed by atoms with E-state index in [1.165, 1.54) is 13.2 Å². The number of furan rings is 1. The maximum absolute atomic E-state index is 13.9. The summed E-state index contributed by atoms with van der Waals surface area (Å²) in [6.07, 6.45) is 2.22. The number of benzene rings is 1. The molecule has 122 valence electrons. The largest absolute Gasteiger partial charge is 0.465 e. The fourth-order valence-corrected chi connectivity index (χ4v) is 2.73. The summed E-state index contributed by atoms with van der Waals surface area (Å²) in [5.41, 5.74) is 1.13. The van der Waals surface area contributed by atoms with Crippen LogP contribution in [0.25, 0.3) is 0 Å². The molecule has 0 atom stereocenters. The van der Waals surface area contributed by atoms with E-state index < -0.39 is 5.97 Å². The summed E-state index contributed by atoms with van der Waals surface area (Å²) >= 11 is 0. The van der Waals surface area contributed by atoms with E-state index in [9.17, 15) is 9.18 Å². The Morgan fingerprint density at radius 1 is 1.35 bits per heavy atom. The fourth-order valence-electron chi connectivity index (χ4n) is 2.73. The van der Waals surface area contributed by atoms with Gasteiger partial charge in [-0.1, -0.05) is 18.2 Å². The number of halogens is 1. The highest BCUT2D eigenvalue weighted by Crippen LogP contribution is 2.31. The molecule has 5 heteroatoms. The average molecular weight is 317 g/mol. The Morgan fingerprint density at radius 2 is 2.09 bits per heavy atom. The third kappa shape index (κ3) is 3.62. The number of carbonyl (C=O) groups excluding carboxylic acids is 1. The summed E-state index contributed by atoms with van der Waals surface area (Å²) in [6.45, 7) is 2.83. The zero-order chi connectivity index (χ0) is 16.4. The zero-order valence-corrected chi connectivity index (χ0v) is 13.3.